The Morgan fingerprint density at radius 2 is 1.76 bits per heavy atom. The van der Waals surface area contributed by atoms with Crippen LogP contribution in [0.2, 0.25) is 0 Å². The largest absolute Gasteiger partial charge is 0.395 e. The molecule has 0 aromatic heterocycles. The molecule has 17 heavy (non-hydrogen) atoms. The van der Waals surface area contributed by atoms with E-state index in [1.165, 1.54) is 25.7 Å². The first kappa shape index (κ1) is 14.9. The van der Waals surface area contributed by atoms with Gasteiger partial charge in [0.25, 0.3) is 0 Å². The van der Waals surface area contributed by atoms with Crippen molar-refractivity contribution in [3.8, 4) is 0 Å². The Hall–Kier alpha value is -0.120. The molecule has 1 aliphatic rings. The maximum absolute atomic E-state index is 10.1. The van der Waals surface area contributed by atoms with Crippen LogP contribution in [0.5, 0.6) is 0 Å². The third-order valence-electron chi connectivity index (χ3n) is 3.92. The van der Waals surface area contributed by atoms with E-state index in [2.05, 4.69) is 25.7 Å². The molecule has 0 bridgehead atoms. The van der Waals surface area contributed by atoms with Crippen molar-refractivity contribution in [1.29, 1.82) is 0 Å². The van der Waals surface area contributed by atoms with Crippen LogP contribution >= 0.6 is 0 Å². The van der Waals surface area contributed by atoms with Gasteiger partial charge in [-0.3, -0.25) is 4.90 Å². The van der Waals surface area contributed by atoms with Crippen molar-refractivity contribution in [1.82, 2.24) is 4.90 Å². The van der Waals surface area contributed by atoms with Crippen LogP contribution in [0.4, 0.5) is 0 Å². The lowest BCUT2D eigenvalue weighted by atomic mass is 9.87. The summed E-state index contributed by atoms with van der Waals surface area (Å²) in [5, 5.41) is 19.2. The fourth-order valence-corrected chi connectivity index (χ4v) is 2.60. The lowest BCUT2D eigenvalue weighted by Crippen LogP contribution is -2.39. The van der Waals surface area contributed by atoms with E-state index in [-0.39, 0.29) is 18.1 Å². The van der Waals surface area contributed by atoms with Gasteiger partial charge in [-0.1, -0.05) is 33.6 Å². The van der Waals surface area contributed by atoms with E-state index in [4.69, 9.17) is 5.11 Å². The third-order valence-corrected chi connectivity index (χ3v) is 3.92. The Labute approximate surface area is 106 Å². The molecule has 1 rings (SSSR count). The van der Waals surface area contributed by atoms with Crippen LogP contribution < -0.4 is 0 Å². The standard InChI is InChI=1S/C14H29NO2/c1-14(2,3)13(17)8-9-15(10-11-16)12-6-4-5-7-12/h12-13,16-17H,4-11H2,1-3H3. The molecule has 1 atom stereocenters. The Balaban J connectivity index is 2.38. The molecule has 1 fully saturated rings. The average molecular weight is 243 g/mol. The van der Waals surface area contributed by atoms with Crippen molar-refractivity contribution >= 4 is 0 Å². The highest BCUT2D eigenvalue weighted by atomic mass is 16.3. The first-order valence-corrected chi connectivity index (χ1v) is 6.98. The zero-order valence-electron chi connectivity index (χ0n) is 11.7. The Morgan fingerprint density at radius 3 is 2.24 bits per heavy atom. The second kappa shape index (κ2) is 6.72. The van der Waals surface area contributed by atoms with E-state index in [1.54, 1.807) is 0 Å². The van der Waals surface area contributed by atoms with Gasteiger partial charge in [0, 0.05) is 19.1 Å². The molecule has 0 amide bonds. The van der Waals surface area contributed by atoms with E-state index in [9.17, 15) is 5.11 Å². The number of hydrogen-bond acceptors (Lipinski definition) is 3. The minimum absolute atomic E-state index is 0.0411. The summed E-state index contributed by atoms with van der Waals surface area (Å²) in [5.41, 5.74) is -0.0411. The monoisotopic (exact) mass is 243 g/mol. The topological polar surface area (TPSA) is 43.7 Å². The zero-order valence-corrected chi connectivity index (χ0v) is 11.7. The molecule has 1 unspecified atom stereocenters. The summed E-state index contributed by atoms with van der Waals surface area (Å²) in [5.74, 6) is 0. The Kier molecular flexibility index (Phi) is 5.90. The van der Waals surface area contributed by atoms with Gasteiger partial charge in [0.2, 0.25) is 0 Å². The van der Waals surface area contributed by atoms with Crippen molar-refractivity contribution in [2.24, 2.45) is 5.41 Å². The van der Waals surface area contributed by atoms with Crippen LogP contribution in [-0.2, 0) is 0 Å². The van der Waals surface area contributed by atoms with Gasteiger partial charge in [0.1, 0.15) is 0 Å². The van der Waals surface area contributed by atoms with E-state index >= 15 is 0 Å². The number of rotatable bonds is 6. The molecule has 0 spiro atoms. The van der Waals surface area contributed by atoms with E-state index in [0.717, 1.165) is 19.5 Å². The summed E-state index contributed by atoms with van der Waals surface area (Å²) >= 11 is 0. The van der Waals surface area contributed by atoms with E-state index in [0.29, 0.717) is 6.04 Å². The molecule has 0 aliphatic heterocycles. The fraction of sp³-hybridized carbons (Fsp3) is 1.00. The molecular formula is C14H29NO2. The van der Waals surface area contributed by atoms with Crippen LogP contribution in [0, 0.1) is 5.41 Å². The molecule has 0 aromatic rings. The minimum atomic E-state index is -0.259. The first-order chi connectivity index (χ1) is 7.95. The first-order valence-electron chi connectivity index (χ1n) is 6.98. The summed E-state index contributed by atoms with van der Waals surface area (Å²) in [4.78, 5) is 2.36. The van der Waals surface area contributed by atoms with Gasteiger partial charge in [-0.25, -0.2) is 0 Å². The summed E-state index contributed by atoms with van der Waals surface area (Å²) < 4.78 is 0. The van der Waals surface area contributed by atoms with Crippen molar-refractivity contribution in [3.63, 3.8) is 0 Å². The van der Waals surface area contributed by atoms with Crippen molar-refractivity contribution in [3.05, 3.63) is 0 Å². The van der Waals surface area contributed by atoms with E-state index in [1.807, 2.05) is 0 Å². The molecular weight excluding hydrogens is 214 g/mol. The number of hydrogen-bond donors (Lipinski definition) is 2. The van der Waals surface area contributed by atoms with Gasteiger partial charge >= 0.3 is 0 Å². The van der Waals surface area contributed by atoms with Gasteiger partial charge in [0.05, 0.1) is 12.7 Å². The van der Waals surface area contributed by atoms with Crippen molar-refractivity contribution < 1.29 is 10.2 Å². The number of aliphatic hydroxyl groups is 2. The molecule has 1 saturated carbocycles. The van der Waals surface area contributed by atoms with Crippen LogP contribution in [-0.4, -0.2) is 47.0 Å². The molecule has 3 nitrogen and oxygen atoms in total. The zero-order chi connectivity index (χ0) is 12.9. The fourth-order valence-electron chi connectivity index (χ4n) is 2.60. The maximum atomic E-state index is 10.1. The minimum Gasteiger partial charge on any atom is -0.395 e. The third kappa shape index (κ3) is 4.94. The van der Waals surface area contributed by atoms with Gasteiger partial charge < -0.3 is 10.2 Å². The second-order valence-electron chi connectivity index (χ2n) is 6.37. The maximum Gasteiger partial charge on any atom is 0.0600 e. The number of nitrogens with zero attached hydrogens (tertiary/aromatic N) is 1. The van der Waals surface area contributed by atoms with Crippen LogP contribution in [0.1, 0.15) is 52.9 Å². The normalized spacial score (nSPS) is 20.1. The predicted octanol–water partition coefficient (Wildman–Crippen LogP) is 2.02. The SMILES string of the molecule is CC(C)(C)C(O)CCN(CCO)C1CCCC1. The molecule has 1 aliphatic carbocycles. The summed E-state index contributed by atoms with van der Waals surface area (Å²) in [7, 11) is 0. The van der Waals surface area contributed by atoms with Crippen molar-refractivity contribution in [2.45, 2.75) is 65.0 Å². The second-order valence-corrected chi connectivity index (χ2v) is 6.37. The van der Waals surface area contributed by atoms with E-state index < -0.39 is 0 Å². The predicted molar refractivity (Wildman–Crippen MR) is 71.0 cm³/mol. The Morgan fingerprint density at radius 1 is 1.18 bits per heavy atom. The summed E-state index contributed by atoms with van der Waals surface area (Å²) in [6.45, 7) is 8.10. The van der Waals surface area contributed by atoms with Crippen LogP contribution in [0.3, 0.4) is 0 Å². The highest BCUT2D eigenvalue weighted by Crippen LogP contribution is 2.26. The number of aliphatic hydroxyl groups excluding tert-OH is 2. The summed E-state index contributed by atoms with van der Waals surface area (Å²) in [6, 6.07) is 0.634. The molecule has 0 saturated heterocycles. The highest BCUT2D eigenvalue weighted by molar-refractivity contribution is 4.80. The van der Waals surface area contributed by atoms with Crippen molar-refractivity contribution in [2.75, 3.05) is 19.7 Å². The molecule has 0 radical (unpaired) electrons. The molecule has 0 heterocycles. The van der Waals surface area contributed by atoms with Gasteiger partial charge in [-0.05, 0) is 24.7 Å². The van der Waals surface area contributed by atoms with Gasteiger partial charge in [-0.15, -0.1) is 0 Å². The van der Waals surface area contributed by atoms with Gasteiger partial charge in [0.15, 0.2) is 0 Å². The van der Waals surface area contributed by atoms with Crippen LogP contribution in [0.25, 0.3) is 0 Å². The Bertz CT molecular complexity index is 207. The smallest absolute Gasteiger partial charge is 0.0600 e. The molecule has 102 valence electrons. The van der Waals surface area contributed by atoms with Gasteiger partial charge in [-0.2, -0.15) is 0 Å². The highest BCUT2D eigenvalue weighted by Gasteiger charge is 2.26. The average Bonchev–Trinajstić information content (AvgIpc) is 2.75. The summed E-state index contributed by atoms with van der Waals surface area (Å²) in [6.07, 6.45) is 5.69. The lowest BCUT2D eigenvalue weighted by molar-refractivity contribution is 0.0379. The lowest BCUT2D eigenvalue weighted by Gasteiger charge is -2.32. The molecule has 2 N–H and O–H groups in total. The molecule has 0 aromatic carbocycles. The van der Waals surface area contributed by atoms with Crippen LogP contribution in [0.15, 0.2) is 0 Å². The molecule has 3 heteroatoms. The quantitative estimate of drug-likeness (QED) is 0.750.